The van der Waals surface area contributed by atoms with E-state index in [2.05, 4.69) is 97.3 Å². The molecule has 0 aliphatic heterocycles. The first-order valence-corrected chi connectivity index (χ1v) is 10.4. The summed E-state index contributed by atoms with van der Waals surface area (Å²) in [6, 6.07) is 30.3. The molecule has 2 heteroatoms. The van der Waals surface area contributed by atoms with E-state index < -0.39 is 0 Å². The Hall–Kier alpha value is -3.03. The summed E-state index contributed by atoms with van der Waals surface area (Å²) in [5.41, 5.74) is 8.92. The predicted molar refractivity (Wildman–Crippen MR) is 123 cm³/mol. The lowest BCUT2D eigenvalue weighted by molar-refractivity contribution is 0.661. The molecule has 0 fully saturated rings. The number of rotatable bonds is 1. The van der Waals surface area contributed by atoms with Crippen LogP contribution in [0.15, 0.2) is 84.9 Å². The molecule has 0 saturated heterocycles. The highest BCUT2D eigenvalue weighted by atomic mass is 35.5. The van der Waals surface area contributed by atoms with E-state index in [-0.39, 0.29) is 5.41 Å². The SMILES string of the molecule is CC1(C)c2ccc(Cl)cc2-c2c1ccc1c2c2ccccc2n1-c1ccccc1. The van der Waals surface area contributed by atoms with E-state index in [1.54, 1.807) is 0 Å². The molecule has 0 unspecified atom stereocenters. The second-order valence-corrected chi connectivity index (χ2v) is 8.82. The fraction of sp³-hybridized carbons (Fsp3) is 0.111. The summed E-state index contributed by atoms with van der Waals surface area (Å²) < 4.78 is 2.38. The molecule has 1 nitrogen and oxygen atoms in total. The van der Waals surface area contributed by atoms with Crippen LogP contribution in [0.4, 0.5) is 0 Å². The van der Waals surface area contributed by atoms with Gasteiger partial charge in [0.2, 0.25) is 0 Å². The Kier molecular flexibility index (Phi) is 3.34. The van der Waals surface area contributed by atoms with E-state index in [0.29, 0.717) is 0 Å². The summed E-state index contributed by atoms with van der Waals surface area (Å²) >= 11 is 6.45. The van der Waals surface area contributed by atoms with Crippen molar-refractivity contribution in [2.45, 2.75) is 19.3 Å². The Morgan fingerprint density at radius 3 is 2.28 bits per heavy atom. The van der Waals surface area contributed by atoms with Crippen LogP contribution in [0.3, 0.4) is 0 Å². The highest BCUT2D eigenvalue weighted by Crippen LogP contribution is 2.53. The van der Waals surface area contributed by atoms with Crippen LogP contribution in [0.25, 0.3) is 38.6 Å². The molecule has 29 heavy (non-hydrogen) atoms. The van der Waals surface area contributed by atoms with Gasteiger partial charge in [0.1, 0.15) is 0 Å². The Morgan fingerprint density at radius 1 is 0.724 bits per heavy atom. The Morgan fingerprint density at radius 2 is 1.45 bits per heavy atom. The van der Waals surface area contributed by atoms with Crippen LogP contribution in [0.5, 0.6) is 0 Å². The zero-order valence-corrected chi connectivity index (χ0v) is 17.2. The van der Waals surface area contributed by atoms with Crippen LogP contribution in [0.2, 0.25) is 5.02 Å². The summed E-state index contributed by atoms with van der Waals surface area (Å²) in [6.45, 7) is 4.63. The van der Waals surface area contributed by atoms with Gasteiger partial charge in [-0.2, -0.15) is 0 Å². The first-order chi connectivity index (χ1) is 14.1. The van der Waals surface area contributed by atoms with Crippen LogP contribution in [-0.4, -0.2) is 4.57 Å². The van der Waals surface area contributed by atoms with Crippen molar-refractivity contribution in [2.75, 3.05) is 0 Å². The van der Waals surface area contributed by atoms with Crippen molar-refractivity contribution in [3.05, 3.63) is 101 Å². The minimum atomic E-state index is -0.0423. The van der Waals surface area contributed by atoms with Gasteiger partial charge >= 0.3 is 0 Å². The first kappa shape index (κ1) is 16.9. The molecular formula is C27H20ClN. The number of aromatic nitrogens is 1. The van der Waals surface area contributed by atoms with Gasteiger partial charge in [-0.1, -0.05) is 74.0 Å². The number of hydrogen-bond donors (Lipinski definition) is 0. The van der Waals surface area contributed by atoms with Crippen LogP contribution in [0.1, 0.15) is 25.0 Å². The molecule has 0 saturated carbocycles. The smallest absolute Gasteiger partial charge is 0.0547 e. The van der Waals surface area contributed by atoms with Gasteiger partial charge in [-0.3, -0.25) is 0 Å². The van der Waals surface area contributed by atoms with Crippen molar-refractivity contribution in [1.82, 2.24) is 4.57 Å². The predicted octanol–water partition coefficient (Wildman–Crippen LogP) is 7.74. The number of halogens is 1. The van der Waals surface area contributed by atoms with Gasteiger partial charge in [0.25, 0.3) is 0 Å². The summed E-state index contributed by atoms with van der Waals surface area (Å²) in [5, 5.41) is 3.39. The number of fused-ring (bicyclic) bond motifs is 7. The van der Waals surface area contributed by atoms with E-state index in [9.17, 15) is 0 Å². The standard InChI is InChI=1S/C27H20ClN/c1-27(2)21-13-12-17(28)16-20(21)25-22(27)14-15-24-26(25)19-10-6-7-11-23(19)29(24)18-8-4-3-5-9-18/h3-16H,1-2H3. The molecule has 1 heterocycles. The Labute approximate surface area is 175 Å². The lowest BCUT2D eigenvalue weighted by atomic mass is 9.82. The molecule has 4 aromatic carbocycles. The zero-order valence-electron chi connectivity index (χ0n) is 16.4. The fourth-order valence-electron chi connectivity index (χ4n) is 5.13. The zero-order chi connectivity index (χ0) is 19.8. The van der Waals surface area contributed by atoms with Crippen molar-refractivity contribution in [3.8, 4) is 16.8 Å². The third-order valence-corrected chi connectivity index (χ3v) is 6.69. The van der Waals surface area contributed by atoms with Gasteiger partial charge in [0, 0.05) is 26.9 Å². The van der Waals surface area contributed by atoms with Gasteiger partial charge in [-0.25, -0.2) is 0 Å². The Bertz CT molecular complexity index is 1420. The van der Waals surface area contributed by atoms with Crippen molar-refractivity contribution in [2.24, 2.45) is 0 Å². The molecular weight excluding hydrogens is 374 g/mol. The molecule has 1 aliphatic rings. The molecule has 0 bridgehead atoms. The van der Waals surface area contributed by atoms with E-state index in [4.69, 9.17) is 11.6 Å². The number of para-hydroxylation sites is 2. The van der Waals surface area contributed by atoms with Gasteiger partial charge < -0.3 is 4.57 Å². The number of benzene rings is 4. The van der Waals surface area contributed by atoms with Gasteiger partial charge in [-0.05, 0) is 58.7 Å². The maximum absolute atomic E-state index is 6.45. The quantitative estimate of drug-likeness (QED) is 0.274. The van der Waals surface area contributed by atoms with Gasteiger partial charge in [-0.15, -0.1) is 0 Å². The second-order valence-electron chi connectivity index (χ2n) is 8.39. The molecule has 1 aromatic heterocycles. The minimum Gasteiger partial charge on any atom is -0.309 e. The van der Waals surface area contributed by atoms with E-state index in [1.807, 2.05) is 6.07 Å². The number of hydrogen-bond acceptors (Lipinski definition) is 0. The van der Waals surface area contributed by atoms with Gasteiger partial charge in [0.05, 0.1) is 11.0 Å². The Balaban J connectivity index is 1.85. The maximum Gasteiger partial charge on any atom is 0.0547 e. The fourth-order valence-corrected chi connectivity index (χ4v) is 5.30. The molecule has 0 atom stereocenters. The molecule has 140 valence electrons. The van der Waals surface area contributed by atoms with Crippen molar-refractivity contribution in [1.29, 1.82) is 0 Å². The molecule has 0 N–H and O–H groups in total. The largest absolute Gasteiger partial charge is 0.309 e. The van der Waals surface area contributed by atoms with E-state index in [0.717, 1.165) is 5.02 Å². The molecule has 0 radical (unpaired) electrons. The van der Waals surface area contributed by atoms with Crippen LogP contribution < -0.4 is 0 Å². The third-order valence-electron chi connectivity index (χ3n) is 6.45. The van der Waals surface area contributed by atoms with Crippen molar-refractivity contribution < 1.29 is 0 Å². The average molecular weight is 394 g/mol. The molecule has 6 rings (SSSR count). The maximum atomic E-state index is 6.45. The molecule has 0 spiro atoms. The molecule has 0 amide bonds. The molecule has 5 aromatic rings. The summed E-state index contributed by atoms with van der Waals surface area (Å²) in [6.07, 6.45) is 0. The molecule has 1 aliphatic carbocycles. The number of nitrogens with zero attached hydrogens (tertiary/aromatic N) is 1. The van der Waals surface area contributed by atoms with Crippen LogP contribution in [0, 0.1) is 0 Å². The first-order valence-electron chi connectivity index (χ1n) is 10.00. The van der Waals surface area contributed by atoms with Crippen molar-refractivity contribution >= 4 is 33.4 Å². The lowest BCUT2D eigenvalue weighted by Gasteiger charge is -2.21. The third kappa shape index (κ3) is 2.17. The summed E-state index contributed by atoms with van der Waals surface area (Å²) in [5.74, 6) is 0. The highest BCUT2D eigenvalue weighted by Gasteiger charge is 2.37. The van der Waals surface area contributed by atoms with E-state index in [1.165, 1.54) is 49.7 Å². The summed E-state index contributed by atoms with van der Waals surface area (Å²) in [4.78, 5) is 0. The monoisotopic (exact) mass is 393 g/mol. The topological polar surface area (TPSA) is 4.93 Å². The normalized spacial score (nSPS) is 14.3. The minimum absolute atomic E-state index is 0.0423. The van der Waals surface area contributed by atoms with Crippen molar-refractivity contribution in [3.63, 3.8) is 0 Å². The highest BCUT2D eigenvalue weighted by molar-refractivity contribution is 6.31. The second kappa shape index (κ2) is 5.75. The lowest BCUT2D eigenvalue weighted by Crippen LogP contribution is -2.14. The average Bonchev–Trinajstić information content (AvgIpc) is 3.18. The van der Waals surface area contributed by atoms with Crippen LogP contribution >= 0.6 is 11.6 Å². The summed E-state index contributed by atoms with van der Waals surface area (Å²) in [7, 11) is 0. The van der Waals surface area contributed by atoms with Gasteiger partial charge in [0.15, 0.2) is 0 Å². The van der Waals surface area contributed by atoms with Crippen LogP contribution in [-0.2, 0) is 5.41 Å². The van der Waals surface area contributed by atoms with E-state index >= 15 is 0 Å².